The Balaban J connectivity index is 0.00000180. The molecular weight excluding hydrogens is 271 g/mol. The van der Waals surface area contributed by atoms with Crippen molar-refractivity contribution in [2.24, 2.45) is 0 Å². The average molecular weight is 289 g/mol. The van der Waals surface area contributed by atoms with Gasteiger partial charge in [-0.2, -0.15) is 0 Å². The number of nitrogens with one attached hydrogen (secondary N) is 1. The van der Waals surface area contributed by atoms with Gasteiger partial charge in [-0.3, -0.25) is 4.79 Å². The SMILES string of the molecule is CN(C(=O)CC1CNCCO1)c1ccc(F)cc1.Cl. The number of morpholine rings is 1. The largest absolute Gasteiger partial charge is 0.375 e. The van der Waals surface area contributed by atoms with E-state index < -0.39 is 0 Å². The molecule has 1 aromatic rings. The summed E-state index contributed by atoms with van der Waals surface area (Å²) < 4.78 is 18.3. The second-order valence-corrected chi connectivity index (χ2v) is 4.33. The van der Waals surface area contributed by atoms with Crippen LogP contribution in [0.4, 0.5) is 10.1 Å². The lowest BCUT2D eigenvalue weighted by Crippen LogP contribution is -2.41. The molecule has 2 rings (SSSR count). The van der Waals surface area contributed by atoms with Gasteiger partial charge < -0.3 is 15.0 Å². The molecule has 1 N–H and O–H groups in total. The maximum atomic E-state index is 12.8. The van der Waals surface area contributed by atoms with Crippen molar-refractivity contribution in [1.29, 1.82) is 0 Å². The van der Waals surface area contributed by atoms with Crippen molar-refractivity contribution in [3.63, 3.8) is 0 Å². The van der Waals surface area contributed by atoms with Crippen molar-refractivity contribution in [2.75, 3.05) is 31.6 Å². The summed E-state index contributed by atoms with van der Waals surface area (Å²) >= 11 is 0. The van der Waals surface area contributed by atoms with Crippen LogP contribution in [-0.4, -0.2) is 38.8 Å². The Labute approximate surface area is 118 Å². The first-order valence-corrected chi connectivity index (χ1v) is 6.01. The number of benzene rings is 1. The Kier molecular flexibility index (Phi) is 6.21. The van der Waals surface area contributed by atoms with Gasteiger partial charge in [-0.25, -0.2) is 4.39 Å². The Bertz CT molecular complexity index is 408. The summed E-state index contributed by atoms with van der Waals surface area (Å²) in [6, 6.07) is 5.87. The molecule has 1 amide bonds. The van der Waals surface area contributed by atoms with Crippen LogP contribution in [0.1, 0.15) is 6.42 Å². The Morgan fingerprint density at radius 1 is 1.47 bits per heavy atom. The van der Waals surface area contributed by atoms with E-state index in [1.54, 1.807) is 19.2 Å². The molecule has 0 spiro atoms. The molecule has 1 heterocycles. The summed E-state index contributed by atoms with van der Waals surface area (Å²) in [6.45, 7) is 2.17. The highest BCUT2D eigenvalue weighted by atomic mass is 35.5. The van der Waals surface area contributed by atoms with Gasteiger partial charge in [-0.15, -0.1) is 12.4 Å². The second-order valence-electron chi connectivity index (χ2n) is 4.33. The first kappa shape index (κ1) is 15.9. The van der Waals surface area contributed by atoms with Gasteiger partial charge in [-0.1, -0.05) is 0 Å². The van der Waals surface area contributed by atoms with Crippen LogP contribution < -0.4 is 10.2 Å². The number of ether oxygens (including phenoxy) is 1. The minimum atomic E-state index is -0.306. The number of nitrogens with zero attached hydrogens (tertiary/aromatic N) is 1. The lowest BCUT2D eigenvalue weighted by atomic mass is 10.2. The van der Waals surface area contributed by atoms with E-state index in [9.17, 15) is 9.18 Å². The standard InChI is InChI=1S/C13H17FN2O2.ClH/c1-16(11-4-2-10(14)3-5-11)13(17)8-12-9-15-6-7-18-12;/h2-5,12,15H,6-9H2,1H3;1H. The molecule has 1 aromatic carbocycles. The molecule has 19 heavy (non-hydrogen) atoms. The first-order valence-electron chi connectivity index (χ1n) is 6.01. The molecule has 0 aliphatic carbocycles. The molecule has 1 unspecified atom stereocenters. The van der Waals surface area contributed by atoms with Gasteiger partial charge in [0, 0.05) is 25.8 Å². The van der Waals surface area contributed by atoms with Crippen LogP contribution in [0.5, 0.6) is 0 Å². The molecule has 0 aromatic heterocycles. The zero-order chi connectivity index (χ0) is 13.0. The Hall–Kier alpha value is -1.17. The third-order valence-electron chi connectivity index (χ3n) is 2.99. The zero-order valence-corrected chi connectivity index (χ0v) is 11.6. The van der Waals surface area contributed by atoms with Crippen LogP contribution in [0.15, 0.2) is 24.3 Å². The molecule has 0 saturated carbocycles. The van der Waals surface area contributed by atoms with E-state index in [0.717, 1.165) is 6.54 Å². The molecule has 0 radical (unpaired) electrons. The first-order chi connectivity index (χ1) is 8.66. The zero-order valence-electron chi connectivity index (χ0n) is 10.8. The number of hydrogen-bond acceptors (Lipinski definition) is 3. The highest BCUT2D eigenvalue weighted by Crippen LogP contribution is 2.15. The normalized spacial score (nSPS) is 18.5. The Morgan fingerprint density at radius 2 is 2.16 bits per heavy atom. The lowest BCUT2D eigenvalue weighted by molar-refractivity contribution is -0.121. The number of carbonyl (C=O) groups excluding carboxylic acids is 1. The van der Waals surface area contributed by atoms with Gasteiger partial charge >= 0.3 is 0 Å². The van der Waals surface area contributed by atoms with Crippen molar-refractivity contribution in [3.05, 3.63) is 30.1 Å². The van der Waals surface area contributed by atoms with E-state index in [4.69, 9.17) is 4.74 Å². The van der Waals surface area contributed by atoms with Crippen molar-refractivity contribution in [3.8, 4) is 0 Å². The summed E-state index contributed by atoms with van der Waals surface area (Å²) in [5.74, 6) is -0.338. The van der Waals surface area contributed by atoms with Crippen molar-refractivity contribution < 1.29 is 13.9 Å². The number of rotatable bonds is 3. The third kappa shape index (κ3) is 4.45. The third-order valence-corrected chi connectivity index (χ3v) is 2.99. The Morgan fingerprint density at radius 3 is 2.74 bits per heavy atom. The summed E-state index contributed by atoms with van der Waals surface area (Å²) in [6.07, 6.45) is 0.259. The molecule has 6 heteroatoms. The summed E-state index contributed by atoms with van der Waals surface area (Å²) in [7, 11) is 1.69. The number of carbonyl (C=O) groups is 1. The van der Waals surface area contributed by atoms with Crippen LogP contribution in [0, 0.1) is 5.82 Å². The molecule has 1 aliphatic heterocycles. The molecule has 1 fully saturated rings. The van der Waals surface area contributed by atoms with Crippen LogP contribution in [-0.2, 0) is 9.53 Å². The van der Waals surface area contributed by atoms with E-state index in [0.29, 0.717) is 25.3 Å². The van der Waals surface area contributed by atoms with Crippen LogP contribution in [0.3, 0.4) is 0 Å². The van der Waals surface area contributed by atoms with E-state index in [1.807, 2.05) is 0 Å². The van der Waals surface area contributed by atoms with Crippen LogP contribution in [0.25, 0.3) is 0 Å². The average Bonchev–Trinajstić information content (AvgIpc) is 2.40. The highest BCUT2D eigenvalue weighted by molar-refractivity contribution is 5.93. The molecule has 1 atom stereocenters. The molecule has 106 valence electrons. The molecule has 4 nitrogen and oxygen atoms in total. The van der Waals surface area contributed by atoms with Crippen LogP contribution in [0.2, 0.25) is 0 Å². The summed E-state index contributed by atoms with van der Waals surface area (Å²) in [5.41, 5.74) is 0.685. The number of anilines is 1. The quantitative estimate of drug-likeness (QED) is 0.918. The monoisotopic (exact) mass is 288 g/mol. The van der Waals surface area contributed by atoms with Crippen molar-refractivity contribution in [2.45, 2.75) is 12.5 Å². The minimum Gasteiger partial charge on any atom is -0.375 e. The highest BCUT2D eigenvalue weighted by Gasteiger charge is 2.20. The van der Waals surface area contributed by atoms with Gasteiger partial charge in [0.05, 0.1) is 19.1 Å². The van der Waals surface area contributed by atoms with E-state index in [1.165, 1.54) is 17.0 Å². The second kappa shape index (κ2) is 7.43. The molecule has 1 aliphatic rings. The van der Waals surface area contributed by atoms with Gasteiger partial charge in [-0.05, 0) is 24.3 Å². The fraction of sp³-hybridized carbons (Fsp3) is 0.462. The smallest absolute Gasteiger partial charge is 0.229 e. The molecule has 0 bridgehead atoms. The topological polar surface area (TPSA) is 41.6 Å². The minimum absolute atomic E-state index is 0. The van der Waals surface area contributed by atoms with Gasteiger partial charge in [0.1, 0.15) is 5.82 Å². The maximum Gasteiger partial charge on any atom is 0.229 e. The summed E-state index contributed by atoms with van der Waals surface area (Å²) in [5, 5.41) is 3.18. The van der Waals surface area contributed by atoms with Crippen molar-refractivity contribution in [1.82, 2.24) is 5.32 Å². The maximum absolute atomic E-state index is 12.8. The molecular formula is C13H18ClFN2O2. The van der Waals surface area contributed by atoms with Crippen molar-refractivity contribution >= 4 is 24.0 Å². The van der Waals surface area contributed by atoms with Gasteiger partial charge in [0.15, 0.2) is 0 Å². The predicted molar refractivity (Wildman–Crippen MR) is 74.3 cm³/mol. The lowest BCUT2D eigenvalue weighted by Gasteiger charge is -2.25. The number of halogens is 2. The van der Waals surface area contributed by atoms with Gasteiger partial charge in [0.25, 0.3) is 0 Å². The van der Waals surface area contributed by atoms with Gasteiger partial charge in [0.2, 0.25) is 5.91 Å². The number of amides is 1. The summed E-state index contributed by atoms with van der Waals surface area (Å²) in [4.78, 5) is 13.5. The fourth-order valence-corrected chi connectivity index (χ4v) is 1.89. The fourth-order valence-electron chi connectivity index (χ4n) is 1.89. The van der Waals surface area contributed by atoms with E-state index >= 15 is 0 Å². The van der Waals surface area contributed by atoms with E-state index in [-0.39, 0.29) is 30.2 Å². The number of hydrogen-bond donors (Lipinski definition) is 1. The van der Waals surface area contributed by atoms with Crippen LogP contribution >= 0.6 is 12.4 Å². The van der Waals surface area contributed by atoms with E-state index in [2.05, 4.69) is 5.32 Å². The predicted octanol–water partition coefficient (Wildman–Crippen LogP) is 1.59. The molecule has 1 saturated heterocycles.